The van der Waals surface area contributed by atoms with E-state index in [4.69, 9.17) is 0 Å². The third kappa shape index (κ3) is 5.36. The zero-order valence-electron chi connectivity index (χ0n) is 12.0. The van der Waals surface area contributed by atoms with E-state index in [1.165, 1.54) is 52.0 Å². The van der Waals surface area contributed by atoms with Crippen LogP contribution < -0.4 is 5.32 Å². The van der Waals surface area contributed by atoms with Gasteiger partial charge in [-0.1, -0.05) is 20.8 Å². The van der Waals surface area contributed by atoms with Crippen LogP contribution in [0.4, 0.5) is 0 Å². The molecule has 1 N–H and O–H groups in total. The largest absolute Gasteiger partial charge is 0.315 e. The molecule has 1 heterocycles. The minimum atomic E-state index is 0.741. The van der Waals surface area contributed by atoms with Crippen molar-refractivity contribution in [3.63, 3.8) is 0 Å². The average Bonchev–Trinajstić information content (AvgIpc) is 2.36. The highest BCUT2D eigenvalue weighted by molar-refractivity contribution is 4.79. The van der Waals surface area contributed by atoms with Gasteiger partial charge in [-0.3, -0.25) is 4.90 Å². The van der Waals surface area contributed by atoms with Gasteiger partial charge in [0.25, 0.3) is 0 Å². The highest BCUT2D eigenvalue weighted by Gasteiger charge is 2.21. The molecule has 1 aliphatic rings. The molecular weight excluding hydrogens is 210 g/mol. The van der Waals surface area contributed by atoms with Gasteiger partial charge in [0.05, 0.1) is 0 Å². The quantitative estimate of drug-likeness (QED) is 0.654. The fourth-order valence-electron chi connectivity index (χ4n) is 2.65. The van der Waals surface area contributed by atoms with Gasteiger partial charge in [-0.15, -0.1) is 0 Å². The van der Waals surface area contributed by atoms with E-state index in [1.54, 1.807) is 0 Å². The van der Waals surface area contributed by atoms with Crippen molar-refractivity contribution in [1.29, 1.82) is 0 Å². The number of rotatable bonds is 8. The van der Waals surface area contributed by atoms with Gasteiger partial charge in [-0.05, 0) is 32.4 Å². The van der Waals surface area contributed by atoms with Gasteiger partial charge in [0.1, 0.15) is 0 Å². The highest BCUT2D eigenvalue weighted by atomic mass is 15.3. The Morgan fingerprint density at radius 2 is 1.71 bits per heavy atom. The molecule has 0 aromatic rings. The molecule has 1 aliphatic heterocycles. The summed E-state index contributed by atoms with van der Waals surface area (Å²) in [6, 6.07) is 0.741. The zero-order chi connectivity index (χ0) is 12.5. The van der Waals surface area contributed by atoms with Crippen LogP contribution in [-0.4, -0.2) is 61.7 Å². The Morgan fingerprint density at radius 3 is 2.24 bits per heavy atom. The molecule has 0 amide bonds. The van der Waals surface area contributed by atoms with Gasteiger partial charge in [0.15, 0.2) is 0 Å². The van der Waals surface area contributed by atoms with Gasteiger partial charge in [0, 0.05) is 38.8 Å². The van der Waals surface area contributed by atoms with Crippen LogP contribution in [0.2, 0.25) is 0 Å². The summed E-state index contributed by atoms with van der Waals surface area (Å²) in [4.78, 5) is 5.28. The minimum Gasteiger partial charge on any atom is -0.315 e. The topological polar surface area (TPSA) is 18.5 Å². The van der Waals surface area contributed by atoms with E-state index < -0.39 is 0 Å². The Morgan fingerprint density at radius 1 is 1.00 bits per heavy atom. The van der Waals surface area contributed by atoms with Crippen molar-refractivity contribution in [3.05, 3.63) is 0 Å². The summed E-state index contributed by atoms with van der Waals surface area (Å²) in [6.45, 7) is 15.5. The lowest BCUT2D eigenvalue weighted by Gasteiger charge is -2.39. The lowest BCUT2D eigenvalue weighted by atomic mass is 10.1. The Bertz CT molecular complexity index is 176. The second kappa shape index (κ2) is 8.90. The van der Waals surface area contributed by atoms with Crippen molar-refractivity contribution >= 4 is 0 Å². The Balaban J connectivity index is 2.24. The fourth-order valence-corrected chi connectivity index (χ4v) is 2.65. The van der Waals surface area contributed by atoms with Gasteiger partial charge < -0.3 is 10.2 Å². The molecule has 0 saturated carbocycles. The van der Waals surface area contributed by atoms with Crippen molar-refractivity contribution in [2.45, 2.75) is 46.1 Å². The Hall–Kier alpha value is -0.120. The molecule has 0 spiro atoms. The first kappa shape index (κ1) is 14.9. The predicted octanol–water partition coefficient (Wildman–Crippen LogP) is 1.79. The molecule has 102 valence electrons. The van der Waals surface area contributed by atoms with E-state index in [0.717, 1.165) is 19.1 Å². The average molecular weight is 241 g/mol. The van der Waals surface area contributed by atoms with E-state index >= 15 is 0 Å². The molecule has 3 heteroatoms. The van der Waals surface area contributed by atoms with Crippen LogP contribution in [0.25, 0.3) is 0 Å². The van der Waals surface area contributed by atoms with E-state index in [1.807, 2.05) is 0 Å². The van der Waals surface area contributed by atoms with Crippen LogP contribution in [0.3, 0.4) is 0 Å². The maximum atomic E-state index is 3.56. The molecule has 1 unspecified atom stereocenters. The summed E-state index contributed by atoms with van der Waals surface area (Å²) in [5.41, 5.74) is 0. The molecule has 0 aromatic carbocycles. The minimum absolute atomic E-state index is 0.741. The van der Waals surface area contributed by atoms with Gasteiger partial charge >= 0.3 is 0 Å². The molecule has 1 atom stereocenters. The molecule has 17 heavy (non-hydrogen) atoms. The standard InChI is InChI=1S/C14H31N3/c1-4-7-15-13-14(6-3)17-11-9-16(8-5-2)10-12-17/h14-15H,4-13H2,1-3H3. The molecule has 1 rings (SSSR count). The van der Waals surface area contributed by atoms with E-state index in [-0.39, 0.29) is 0 Å². The van der Waals surface area contributed by atoms with Crippen molar-refractivity contribution in [1.82, 2.24) is 15.1 Å². The molecule has 0 aromatic heterocycles. The maximum Gasteiger partial charge on any atom is 0.0219 e. The maximum absolute atomic E-state index is 3.56. The first-order chi connectivity index (χ1) is 8.31. The molecule has 3 nitrogen and oxygen atoms in total. The summed E-state index contributed by atoms with van der Waals surface area (Å²) in [6.07, 6.45) is 3.79. The SMILES string of the molecule is CCCNCC(CC)N1CCN(CCC)CC1. The molecule has 0 radical (unpaired) electrons. The normalized spacial score (nSPS) is 20.6. The summed E-state index contributed by atoms with van der Waals surface area (Å²) >= 11 is 0. The zero-order valence-corrected chi connectivity index (χ0v) is 12.0. The monoisotopic (exact) mass is 241 g/mol. The van der Waals surface area contributed by atoms with E-state index in [0.29, 0.717) is 0 Å². The van der Waals surface area contributed by atoms with Crippen LogP contribution in [0.1, 0.15) is 40.0 Å². The molecule has 0 bridgehead atoms. The summed E-state index contributed by atoms with van der Waals surface area (Å²) in [5.74, 6) is 0. The Labute approximate surface area is 108 Å². The van der Waals surface area contributed by atoms with Gasteiger partial charge in [-0.25, -0.2) is 0 Å². The van der Waals surface area contributed by atoms with E-state index in [9.17, 15) is 0 Å². The van der Waals surface area contributed by atoms with Crippen LogP contribution in [0.15, 0.2) is 0 Å². The van der Waals surface area contributed by atoms with Crippen LogP contribution in [0, 0.1) is 0 Å². The Kier molecular flexibility index (Phi) is 7.82. The molecule has 1 saturated heterocycles. The second-order valence-electron chi connectivity index (χ2n) is 5.14. The molecular formula is C14H31N3. The third-order valence-corrected chi connectivity index (χ3v) is 3.74. The number of hydrogen-bond donors (Lipinski definition) is 1. The summed E-state index contributed by atoms with van der Waals surface area (Å²) in [5, 5.41) is 3.56. The summed E-state index contributed by atoms with van der Waals surface area (Å²) < 4.78 is 0. The van der Waals surface area contributed by atoms with Crippen molar-refractivity contribution in [3.8, 4) is 0 Å². The van der Waals surface area contributed by atoms with Crippen molar-refractivity contribution in [2.75, 3.05) is 45.8 Å². The number of hydrogen-bond acceptors (Lipinski definition) is 3. The lowest BCUT2D eigenvalue weighted by Crippen LogP contribution is -2.52. The highest BCUT2D eigenvalue weighted by Crippen LogP contribution is 2.09. The summed E-state index contributed by atoms with van der Waals surface area (Å²) in [7, 11) is 0. The second-order valence-corrected chi connectivity index (χ2v) is 5.14. The predicted molar refractivity (Wildman–Crippen MR) is 75.5 cm³/mol. The van der Waals surface area contributed by atoms with E-state index in [2.05, 4.69) is 35.9 Å². The smallest absolute Gasteiger partial charge is 0.0219 e. The van der Waals surface area contributed by atoms with Gasteiger partial charge in [0.2, 0.25) is 0 Å². The number of piperazine rings is 1. The molecule has 1 fully saturated rings. The number of nitrogens with one attached hydrogen (secondary N) is 1. The first-order valence-electron chi connectivity index (χ1n) is 7.48. The lowest BCUT2D eigenvalue weighted by molar-refractivity contribution is 0.0934. The van der Waals surface area contributed by atoms with Crippen LogP contribution in [-0.2, 0) is 0 Å². The van der Waals surface area contributed by atoms with Gasteiger partial charge in [-0.2, -0.15) is 0 Å². The number of nitrogens with zero attached hydrogens (tertiary/aromatic N) is 2. The fraction of sp³-hybridized carbons (Fsp3) is 1.00. The third-order valence-electron chi connectivity index (χ3n) is 3.74. The van der Waals surface area contributed by atoms with Crippen molar-refractivity contribution in [2.24, 2.45) is 0 Å². The van der Waals surface area contributed by atoms with Crippen molar-refractivity contribution < 1.29 is 0 Å². The van der Waals surface area contributed by atoms with Crippen LogP contribution >= 0.6 is 0 Å². The molecule has 0 aliphatic carbocycles. The van der Waals surface area contributed by atoms with Crippen LogP contribution in [0.5, 0.6) is 0 Å². The first-order valence-corrected chi connectivity index (χ1v) is 7.48.